The van der Waals surface area contributed by atoms with Crippen LogP contribution in [0.5, 0.6) is 17.2 Å². The van der Waals surface area contributed by atoms with E-state index in [1.807, 2.05) is 18.2 Å². The maximum atomic E-state index is 14.9. The first-order valence-electron chi connectivity index (χ1n) is 13.3. The summed E-state index contributed by atoms with van der Waals surface area (Å²) in [5, 5.41) is 12.8. The van der Waals surface area contributed by atoms with Gasteiger partial charge >= 0.3 is 0 Å². The zero-order valence-corrected chi connectivity index (χ0v) is 24.6. The first-order chi connectivity index (χ1) is 20.0. The molecular formula is C33H36FN3O5. The van der Waals surface area contributed by atoms with Crippen molar-refractivity contribution in [1.82, 2.24) is 9.88 Å². The molecule has 0 aliphatic carbocycles. The van der Waals surface area contributed by atoms with Crippen LogP contribution < -0.4 is 14.8 Å². The lowest BCUT2D eigenvalue weighted by molar-refractivity contribution is -0.119. The fraction of sp³-hybridized carbons (Fsp3) is 0.242. The lowest BCUT2D eigenvalue weighted by atomic mass is 10.1. The second-order valence-electron chi connectivity index (χ2n) is 9.79. The number of carbonyl (C=O) groups is 2. The molecule has 4 aromatic rings. The molecule has 0 aliphatic rings. The van der Waals surface area contributed by atoms with Crippen LogP contribution in [0.2, 0.25) is 0 Å². The highest BCUT2D eigenvalue weighted by molar-refractivity contribution is 6.23. The Morgan fingerprint density at radius 3 is 2.31 bits per heavy atom. The number of hydrogen-bond donors (Lipinski definition) is 2. The molecule has 1 aromatic heterocycles. The molecule has 0 fully saturated rings. The molecule has 220 valence electrons. The van der Waals surface area contributed by atoms with Crippen molar-refractivity contribution in [2.45, 2.75) is 33.8 Å². The standard InChI is InChI=1S/C26H28FN3O5.C7H8/c1-15(31)14-30(4)16(2)25(17(3)32)26(33)29-18-6-9-24(21(27)12-18)35-23-10-11-28-22-13-19(34-5)7-8-20(22)23;1-7-5-3-2-4-6-7/h6-13,15,31H,14H2,1-5H3,(H,29,33);2-6H,1H3/b25-16+;. The Balaban J connectivity index is 0.000000603. The van der Waals surface area contributed by atoms with Crippen molar-refractivity contribution in [3.8, 4) is 17.2 Å². The average molecular weight is 574 g/mol. The van der Waals surface area contributed by atoms with E-state index < -0.39 is 23.6 Å². The minimum absolute atomic E-state index is 0.0403. The zero-order valence-electron chi connectivity index (χ0n) is 24.6. The van der Waals surface area contributed by atoms with Crippen LogP contribution in [0.1, 0.15) is 26.3 Å². The number of rotatable bonds is 9. The number of aliphatic hydroxyl groups is 1. The molecule has 4 rings (SSSR count). The van der Waals surface area contributed by atoms with Gasteiger partial charge in [0.1, 0.15) is 17.1 Å². The van der Waals surface area contributed by atoms with Gasteiger partial charge in [0.25, 0.3) is 5.91 Å². The van der Waals surface area contributed by atoms with E-state index in [4.69, 9.17) is 9.47 Å². The Morgan fingerprint density at radius 1 is 1.02 bits per heavy atom. The summed E-state index contributed by atoms with van der Waals surface area (Å²) in [6, 6.07) is 21.2. The van der Waals surface area contributed by atoms with Crippen molar-refractivity contribution in [3.63, 3.8) is 0 Å². The van der Waals surface area contributed by atoms with Gasteiger partial charge in [0.2, 0.25) is 0 Å². The topological polar surface area (TPSA) is 101 Å². The fourth-order valence-electron chi connectivity index (χ4n) is 4.13. The van der Waals surface area contributed by atoms with E-state index >= 15 is 0 Å². The predicted molar refractivity (Wildman–Crippen MR) is 162 cm³/mol. The highest BCUT2D eigenvalue weighted by atomic mass is 19.1. The Bertz CT molecular complexity index is 1570. The van der Waals surface area contributed by atoms with Crippen molar-refractivity contribution in [1.29, 1.82) is 0 Å². The van der Waals surface area contributed by atoms with Crippen LogP contribution in [-0.2, 0) is 9.59 Å². The number of nitrogens with zero attached hydrogens (tertiary/aromatic N) is 2. The number of nitrogens with one attached hydrogen (secondary N) is 1. The largest absolute Gasteiger partial charge is 0.497 e. The predicted octanol–water partition coefficient (Wildman–Crippen LogP) is 6.28. The molecule has 0 bridgehead atoms. The van der Waals surface area contributed by atoms with E-state index in [0.717, 1.165) is 6.07 Å². The molecule has 0 saturated carbocycles. The lowest BCUT2D eigenvalue weighted by Gasteiger charge is -2.23. The number of ether oxygens (including phenoxy) is 2. The molecule has 2 N–H and O–H groups in total. The minimum Gasteiger partial charge on any atom is -0.497 e. The number of benzene rings is 3. The number of allylic oxidation sites excluding steroid dienone is 1. The average Bonchev–Trinajstić information content (AvgIpc) is 2.94. The van der Waals surface area contributed by atoms with E-state index in [1.165, 1.54) is 24.6 Å². The van der Waals surface area contributed by atoms with Gasteiger partial charge in [-0.25, -0.2) is 4.39 Å². The van der Waals surface area contributed by atoms with Crippen LogP contribution in [0, 0.1) is 12.7 Å². The third kappa shape index (κ3) is 8.62. The zero-order chi connectivity index (χ0) is 30.8. The van der Waals surface area contributed by atoms with Gasteiger partial charge in [-0.2, -0.15) is 0 Å². The van der Waals surface area contributed by atoms with Crippen LogP contribution in [0.4, 0.5) is 10.1 Å². The van der Waals surface area contributed by atoms with Crippen molar-refractivity contribution >= 4 is 28.3 Å². The Labute approximate surface area is 245 Å². The molecule has 42 heavy (non-hydrogen) atoms. The highest BCUT2D eigenvalue weighted by Gasteiger charge is 2.21. The summed E-state index contributed by atoms with van der Waals surface area (Å²) in [5.41, 5.74) is 2.44. The summed E-state index contributed by atoms with van der Waals surface area (Å²) in [6.45, 7) is 6.83. The number of aliphatic hydroxyl groups excluding tert-OH is 1. The third-order valence-electron chi connectivity index (χ3n) is 6.31. The molecule has 0 aliphatic heterocycles. The number of anilines is 1. The molecule has 1 heterocycles. The van der Waals surface area contributed by atoms with Gasteiger partial charge in [-0.05, 0) is 58.0 Å². The quantitative estimate of drug-likeness (QED) is 0.138. The van der Waals surface area contributed by atoms with Gasteiger partial charge in [0.05, 0.1) is 18.7 Å². The van der Waals surface area contributed by atoms with E-state index in [2.05, 4.69) is 29.4 Å². The normalized spacial score (nSPS) is 11.9. The summed E-state index contributed by atoms with van der Waals surface area (Å²) in [6.07, 6.45) is 0.906. The summed E-state index contributed by atoms with van der Waals surface area (Å²) in [4.78, 5) is 30.9. The second kappa shape index (κ2) is 14.7. The van der Waals surface area contributed by atoms with E-state index in [1.54, 1.807) is 63.4 Å². The number of pyridine rings is 1. The molecule has 1 amide bonds. The fourth-order valence-corrected chi connectivity index (χ4v) is 4.13. The van der Waals surface area contributed by atoms with Gasteiger partial charge in [-0.15, -0.1) is 0 Å². The molecule has 8 nitrogen and oxygen atoms in total. The number of ketones is 1. The van der Waals surface area contributed by atoms with E-state index in [-0.39, 0.29) is 23.6 Å². The van der Waals surface area contributed by atoms with E-state index in [0.29, 0.717) is 28.1 Å². The molecule has 9 heteroatoms. The summed E-state index contributed by atoms with van der Waals surface area (Å²) in [7, 11) is 3.23. The van der Waals surface area contributed by atoms with Crippen LogP contribution in [-0.4, -0.2) is 53.5 Å². The number of halogens is 1. The van der Waals surface area contributed by atoms with Crippen LogP contribution in [0.25, 0.3) is 10.9 Å². The molecule has 3 aromatic carbocycles. The number of amides is 1. The molecule has 0 saturated heterocycles. The lowest BCUT2D eigenvalue weighted by Crippen LogP contribution is -2.30. The first kappa shape index (κ1) is 31.8. The smallest absolute Gasteiger partial charge is 0.261 e. The Kier molecular flexibility index (Phi) is 11.2. The molecule has 1 atom stereocenters. The number of likely N-dealkylation sites (N-methyl/N-ethyl adjacent to an activating group) is 1. The number of carbonyl (C=O) groups excluding carboxylic acids is 2. The molecule has 0 spiro atoms. The number of methoxy groups -OCH3 is 1. The summed E-state index contributed by atoms with van der Waals surface area (Å²) >= 11 is 0. The second-order valence-corrected chi connectivity index (χ2v) is 9.79. The number of Topliss-reactive ketones (excluding diaryl/α,β-unsaturated/α-hetero) is 1. The van der Waals surface area contributed by atoms with Crippen molar-refractivity contribution in [2.24, 2.45) is 0 Å². The minimum atomic E-state index is -0.697. The number of hydrogen-bond acceptors (Lipinski definition) is 7. The molecule has 1 unspecified atom stereocenters. The molecule has 0 radical (unpaired) electrons. The number of fused-ring (bicyclic) bond motifs is 1. The number of aromatic nitrogens is 1. The Morgan fingerprint density at radius 2 is 1.74 bits per heavy atom. The van der Waals surface area contributed by atoms with Gasteiger partial charge in [0.15, 0.2) is 17.3 Å². The van der Waals surface area contributed by atoms with Crippen molar-refractivity contribution in [2.75, 3.05) is 26.0 Å². The van der Waals surface area contributed by atoms with Gasteiger partial charge in [-0.3, -0.25) is 14.6 Å². The first-order valence-corrected chi connectivity index (χ1v) is 13.3. The van der Waals surface area contributed by atoms with Crippen molar-refractivity contribution < 1.29 is 28.6 Å². The monoisotopic (exact) mass is 573 g/mol. The van der Waals surface area contributed by atoms with Crippen molar-refractivity contribution in [3.05, 3.63) is 102 Å². The van der Waals surface area contributed by atoms with Gasteiger partial charge in [-0.1, -0.05) is 35.9 Å². The maximum Gasteiger partial charge on any atom is 0.261 e. The highest BCUT2D eigenvalue weighted by Crippen LogP contribution is 2.33. The van der Waals surface area contributed by atoms with Crippen LogP contribution >= 0.6 is 0 Å². The Hall–Kier alpha value is -4.76. The van der Waals surface area contributed by atoms with Crippen LogP contribution in [0.15, 0.2) is 90.3 Å². The van der Waals surface area contributed by atoms with Gasteiger partial charge < -0.3 is 24.8 Å². The van der Waals surface area contributed by atoms with Gasteiger partial charge in [0, 0.05) is 48.7 Å². The summed E-state index contributed by atoms with van der Waals surface area (Å²) < 4.78 is 25.9. The van der Waals surface area contributed by atoms with E-state index in [9.17, 15) is 19.1 Å². The van der Waals surface area contributed by atoms with Crippen LogP contribution in [0.3, 0.4) is 0 Å². The molecular weight excluding hydrogens is 537 g/mol. The number of aryl methyl sites for hydroxylation is 1. The third-order valence-corrected chi connectivity index (χ3v) is 6.31. The maximum absolute atomic E-state index is 14.9. The summed E-state index contributed by atoms with van der Waals surface area (Å²) in [5.74, 6) is -0.806. The SMILES string of the molecule is COc1ccc2c(Oc3ccc(NC(=O)/C(C(C)=O)=C(\C)N(C)CC(C)O)cc3F)ccnc2c1.Cc1ccccc1.